The van der Waals surface area contributed by atoms with E-state index in [0.29, 0.717) is 12.1 Å². The molecule has 0 spiro atoms. The first-order chi connectivity index (χ1) is 8.93. The Bertz CT molecular complexity index is 371. The summed E-state index contributed by atoms with van der Waals surface area (Å²) in [6, 6.07) is 3.30. The van der Waals surface area contributed by atoms with E-state index in [1.165, 1.54) is 18.4 Å². The summed E-state index contributed by atoms with van der Waals surface area (Å²) < 4.78 is 5.82. The molecule has 0 aromatic carbocycles. The molecule has 0 bridgehead atoms. The van der Waals surface area contributed by atoms with E-state index in [9.17, 15) is 0 Å². The molecular formula is C16H30N2O. The first-order valence-corrected chi connectivity index (χ1v) is 7.45. The molecule has 1 rings (SSSR count). The summed E-state index contributed by atoms with van der Waals surface area (Å²) in [7, 11) is 2.19. The number of nitrogens with zero attached hydrogens (tertiary/aromatic N) is 1. The van der Waals surface area contributed by atoms with Crippen molar-refractivity contribution in [2.24, 2.45) is 0 Å². The minimum Gasteiger partial charge on any atom is -0.465 e. The minimum atomic E-state index is 0.487. The highest BCUT2D eigenvalue weighted by Crippen LogP contribution is 2.18. The van der Waals surface area contributed by atoms with Crippen LogP contribution in [-0.2, 0) is 13.1 Å². The molecule has 0 radical (unpaired) electrons. The van der Waals surface area contributed by atoms with Crippen molar-refractivity contribution in [1.29, 1.82) is 0 Å². The molecule has 0 aliphatic heterocycles. The lowest BCUT2D eigenvalue weighted by molar-refractivity contribution is 0.235. The third-order valence-electron chi connectivity index (χ3n) is 3.63. The van der Waals surface area contributed by atoms with Gasteiger partial charge in [-0.3, -0.25) is 4.90 Å². The van der Waals surface area contributed by atoms with Gasteiger partial charge in [0.25, 0.3) is 0 Å². The predicted octanol–water partition coefficient (Wildman–Crippen LogP) is 3.71. The van der Waals surface area contributed by atoms with Crippen LogP contribution >= 0.6 is 0 Å². The van der Waals surface area contributed by atoms with Gasteiger partial charge in [-0.15, -0.1) is 0 Å². The number of hydrogen-bond acceptors (Lipinski definition) is 3. The number of rotatable bonds is 8. The number of aryl methyl sites for hydroxylation is 1. The van der Waals surface area contributed by atoms with Crippen LogP contribution in [0.3, 0.4) is 0 Å². The molecule has 19 heavy (non-hydrogen) atoms. The van der Waals surface area contributed by atoms with Gasteiger partial charge in [-0.25, -0.2) is 0 Å². The number of nitrogens with one attached hydrogen (secondary N) is 1. The maximum absolute atomic E-state index is 5.82. The maximum Gasteiger partial charge on any atom is 0.118 e. The second kappa shape index (κ2) is 7.71. The molecule has 1 unspecified atom stereocenters. The average Bonchev–Trinajstić information content (AvgIpc) is 2.68. The first-order valence-electron chi connectivity index (χ1n) is 7.45. The molecule has 1 aromatic rings. The Morgan fingerprint density at radius 1 is 1.32 bits per heavy atom. The first kappa shape index (κ1) is 16.3. The molecule has 1 N–H and O–H groups in total. The summed E-state index contributed by atoms with van der Waals surface area (Å²) >= 11 is 0. The zero-order valence-electron chi connectivity index (χ0n) is 13.4. The van der Waals surface area contributed by atoms with E-state index in [2.05, 4.69) is 57.9 Å². The van der Waals surface area contributed by atoms with Crippen molar-refractivity contribution in [2.45, 2.75) is 72.6 Å². The Morgan fingerprint density at radius 3 is 2.58 bits per heavy atom. The van der Waals surface area contributed by atoms with Crippen molar-refractivity contribution >= 4 is 0 Å². The average molecular weight is 266 g/mol. The largest absolute Gasteiger partial charge is 0.465 e. The molecule has 1 heterocycles. The van der Waals surface area contributed by atoms with E-state index < -0.39 is 0 Å². The standard InChI is InChI=1S/C16H30N2O/c1-7-8-13(4)18(6)11-15-9-16(19-14(15)5)10-17-12(2)3/h9,12-13,17H,7-8,10-11H2,1-6H3. The van der Waals surface area contributed by atoms with Gasteiger partial charge >= 0.3 is 0 Å². The normalized spacial score (nSPS) is 13.5. The van der Waals surface area contributed by atoms with Gasteiger partial charge in [0.1, 0.15) is 11.5 Å². The van der Waals surface area contributed by atoms with E-state index in [1.807, 2.05) is 0 Å². The fraction of sp³-hybridized carbons (Fsp3) is 0.750. The molecule has 3 heteroatoms. The zero-order chi connectivity index (χ0) is 14.4. The van der Waals surface area contributed by atoms with Crippen LogP contribution in [0.15, 0.2) is 10.5 Å². The summed E-state index contributed by atoms with van der Waals surface area (Å²) in [4.78, 5) is 2.40. The second-order valence-electron chi connectivity index (χ2n) is 5.88. The lowest BCUT2D eigenvalue weighted by atomic mass is 10.1. The van der Waals surface area contributed by atoms with Gasteiger partial charge in [0, 0.05) is 24.2 Å². The summed E-state index contributed by atoms with van der Waals surface area (Å²) in [5.74, 6) is 2.09. The minimum absolute atomic E-state index is 0.487. The van der Waals surface area contributed by atoms with Crippen molar-refractivity contribution in [1.82, 2.24) is 10.2 Å². The Labute approximate surface area is 118 Å². The third-order valence-corrected chi connectivity index (χ3v) is 3.63. The maximum atomic E-state index is 5.82. The number of hydrogen-bond donors (Lipinski definition) is 1. The van der Waals surface area contributed by atoms with Crippen LogP contribution in [0.2, 0.25) is 0 Å². The fourth-order valence-corrected chi connectivity index (χ4v) is 2.20. The predicted molar refractivity (Wildman–Crippen MR) is 81.3 cm³/mol. The highest BCUT2D eigenvalue weighted by molar-refractivity contribution is 5.20. The van der Waals surface area contributed by atoms with Crippen LogP contribution < -0.4 is 5.32 Å². The molecule has 0 aliphatic rings. The summed E-state index contributed by atoms with van der Waals surface area (Å²) in [5, 5.41) is 3.39. The van der Waals surface area contributed by atoms with E-state index in [1.54, 1.807) is 0 Å². The second-order valence-corrected chi connectivity index (χ2v) is 5.88. The van der Waals surface area contributed by atoms with Crippen LogP contribution in [0.4, 0.5) is 0 Å². The quantitative estimate of drug-likeness (QED) is 0.777. The van der Waals surface area contributed by atoms with Gasteiger partial charge in [0.2, 0.25) is 0 Å². The van der Waals surface area contributed by atoms with Crippen LogP contribution in [0.5, 0.6) is 0 Å². The zero-order valence-corrected chi connectivity index (χ0v) is 13.4. The van der Waals surface area contributed by atoms with Crippen molar-refractivity contribution < 1.29 is 4.42 Å². The van der Waals surface area contributed by atoms with Crippen molar-refractivity contribution in [2.75, 3.05) is 7.05 Å². The molecule has 3 nitrogen and oxygen atoms in total. The van der Waals surface area contributed by atoms with Crippen molar-refractivity contribution in [3.05, 3.63) is 23.2 Å². The van der Waals surface area contributed by atoms with Gasteiger partial charge in [0.05, 0.1) is 6.54 Å². The topological polar surface area (TPSA) is 28.4 Å². The Morgan fingerprint density at radius 2 is 2.00 bits per heavy atom. The van der Waals surface area contributed by atoms with Crippen LogP contribution in [0, 0.1) is 6.92 Å². The lowest BCUT2D eigenvalue weighted by Gasteiger charge is -2.23. The molecule has 1 atom stereocenters. The monoisotopic (exact) mass is 266 g/mol. The molecule has 0 saturated heterocycles. The van der Waals surface area contributed by atoms with Gasteiger partial charge < -0.3 is 9.73 Å². The molecule has 0 amide bonds. The molecule has 0 fully saturated rings. The van der Waals surface area contributed by atoms with Crippen molar-refractivity contribution in [3.8, 4) is 0 Å². The van der Waals surface area contributed by atoms with E-state index >= 15 is 0 Å². The fourth-order valence-electron chi connectivity index (χ4n) is 2.20. The van der Waals surface area contributed by atoms with Crippen LogP contribution in [0.25, 0.3) is 0 Å². The summed E-state index contributed by atoms with van der Waals surface area (Å²) in [5.41, 5.74) is 1.31. The smallest absolute Gasteiger partial charge is 0.118 e. The van der Waals surface area contributed by atoms with E-state index in [4.69, 9.17) is 4.42 Å². The molecule has 0 aliphatic carbocycles. The lowest BCUT2D eigenvalue weighted by Crippen LogP contribution is -2.28. The Balaban J connectivity index is 2.58. The van der Waals surface area contributed by atoms with Gasteiger partial charge in [0.15, 0.2) is 0 Å². The summed E-state index contributed by atoms with van der Waals surface area (Å²) in [6.07, 6.45) is 2.48. The van der Waals surface area contributed by atoms with E-state index in [-0.39, 0.29) is 0 Å². The Kier molecular flexibility index (Phi) is 6.59. The van der Waals surface area contributed by atoms with E-state index in [0.717, 1.165) is 24.6 Å². The molecule has 0 saturated carbocycles. The van der Waals surface area contributed by atoms with Crippen LogP contribution in [-0.4, -0.2) is 24.0 Å². The summed E-state index contributed by atoms with van der Waals surface area (Å²) in [6.45, 7) is 12.7. The molecular weight excluding hydrogens is 236 g/mol. The third kappa shape index (κ3) is 5.37. The number of furan rings is 1. The van der Waals surface area contributed by atoms with Crippen molar-refractivity contribution in [3.63, 3.8) is 0 Å². The molecule has 1 aromatic heterocycles. The van der Waals surface area contributed by atoms with Gasteiger partial charge in [-0.05, 0) is 33.4 Å². The Hall–Kier alpha value is -0.800. The SMILES string of the molecule is CCCC(C)N(C)Cc1cc(CNC(C)C)oc1C. The van der Waals surface area contributed by atoms with Crippen LogP contribution in [0.1, 0.15) is 57.6 Å². The highest BCUT2D eigenvalue weighted by atomic mass is 16.3. The van der Waals surface area contributed by atoms with Gasteiger partial charge in [-0.2, -0.15) is 0 Å². The van der Waals surface area contributed by atoms with Gasteiger partial charge in [-0.1, -0.05) is 27.2 Å². The molecule has 110 valence electrons. The highest BCUT2D eigenvalue weighted by Gasteiger charge is 2.13.